The van der Waals surface area contributed by atoms with E-state index < -0.39 is 17.6 Å². The lowest BCUT2D eigenvalue weighted by Gasteiger charge is -2.08. The Hall–Kier alpha value is -3.45. The summed E-state index contributed by atoms with van der Waals surface area (Å²) in [5.41, 5.74) is 2.13. The fourth-order valence-electron chi connectivity index (χ4n) is 3.46. The number of fused-ring (bicyclic) bond motifs is 1. The summed E-state index contributed by atoms with van der Waals surface area (Å²) in [5, 5.41) is 11.8. The van der Waals surface area contributed by atoms with E-state index in [-0.39, 0.29) is 24.4 Å². The Bertz CT molecular complexity index is 1150. The van der Waals surface area contributed by atoms with E-state index in [9.17, 15) is 14.0 Å². The van der Waals surface area contributed by atoms with Crippen molar-refractivity contribution >= 4 is 33.9 Å². The van der Waals surface area contributed by atoms with E-state index in [1.165, 1.54) is 12.1 Å². The van der Waals surface area contributed by atoms with E-state index in [1.807, 2.05) is 0 Å². The highest BCUT2D eigenvalue weighted by Gasteiger charge is 2.34. The number of aryl methyl sites for hydroxylation is 1. The molecule has 0 bridgehead atoms. The quantitative estimate of drug-likeness (QED) is 0.666. The summed E-state index contributed by atoms with van der Waals surface area (Å²) in [6, 6.07) is 11.1. The van der Waals surface area contributed by atoms with Gasteiger partial charge in [-0.2, -0.15) is 0 Å². The van der Waals surface area contributed by atoms with Crippen LogP contribution in [0, 0.1) is 5.82 Å². The van der Waals surface area contributed by atoms with Crippen LogP contribution in [0.4, 0.5) is 4.39 Å². The highest BCUT2D eigenvalue weighted by Crippen LogP contribution is 2.36. The Morgan fingerprint density at radius 2 is 1.89 bits per heavy atom. The largest absolute Gasteiger partial charge is 0.491 e. The van der Waals surface area contributed by atoms with Gasteiger partial charge in [0.25, 0.3) is 11.8 Å². The zero-order valence-corrected chi connectivity index (χ0v) is 15.0. The van der Waals surface area contributed by atoms with Crippen LogP contribution < -0.4 is 10.1 Å². The van der Waals surface area contributed by atoms with Crippen LogP contribution in [0.25, 0.3) is 22.0 Å². The topological polar surface area (TPSA) is 80.6 Å². The highest BCUT2D eigenvalue weighted by molar-refractivity contribution is 6.50. The molecule has 1 aliphatic rings. The number of nitrogens with zero attached hydrogens (tertiary/aromatic N) is 1. The maximum atomic E-state index is 13.8. The molecule has 2 N–H and O–H groups in total. The van der Waals surface area contributed by atoms with Crippen LogP contribution in [0.3, 0.4) is 0 Å². The maximum Gasteiger partial charge on any atom is 0.259 e. The molecule has 1 aromatic heterocycles. The van der Waals surface area contributed by atoms with Crippen molar-refractivity contribution in [1.29, 1.82) is 0 Å². The number of ether oxygens (including phenoxy) is 1. The van der Waals surface area contributed by atoms with Crippen molar-refractivity contribution in [2.45, 2.75) is 0 Å². The number of aliphatic hydroxyl groups is 1. The van der Waals surface area contributed by atoms with Crippen molar-refractivity contribution in [1.82, 2.24) is 9.88 Å². The SMILES string of the molecule is Cn1cc(C2=C(c3cccc(OCCO)c3)C(=O)NC2=O)c2cc(F)ccc21. The van der Waals surface area contributed by atoms with Crippen LogP contribution in [0.2, 0.25) is 0 Å². The standard InChI is InChI=1S/C21H17FN2O4/c1-24-11-16(15-10-13(22)5-6-17(15)24)19-18(20(26)23-21(19)27)12-3-2-4-14(9-12)28-8-7-25/h2-6,9-11,25H,7-8H2,1H3,(H,23,26,27). The Labute approximate surface area is 159 Å². The number of carbonyl (C=O) groups excluding carboxylic acids is 2. The second-order valence-corrected chi connectivity index (χ2v) is 6.45. The van der Waals surface area contributed by atoms with Crippen molar-refractivity contribution in [2.75, 3.05) is 13.2 Å². The molecule has 3 aromatic rings. The Kier molecular flexibility index (Phi) is 4.44. The van der Waals surface area contributed by atoms with Gasteiger partial charge in [-0.05, 0) is 35.9 Å². The lowest BCUT2D eigenvalue weighted by molar-refractivity contribution is -0.122. The van der Waals surface area contributed by atoms with Gasteiger partial charge < -0.3 is 14.4 Å². The van der Waals surface area contributed by atoms with Crippen molar-refractivity contribution in [2.24, 2.45) is 7.05 Å². The van der Waals surface area contributed by atoms with Crippen LogP contribution >= 0.6 is 0 Å². The van der Waals surface area contributed by atoms with Gasteiger partial charge in [0.05, 0.1) is 17.8 Å². The first-order chi connectivity index (χ1) is 13.5. The molecule has 2 amide bonds. The molecule has 142 valence electrons. The van der Waals surface area contributed by atoms with Gasteiger partial charge in [-0.1, -0.05) is 12.1 Å². The number of aliphatic hydroxyl groups excluding tert-OH is 1. The van der Waals surface area contributed by atoms with Crippen molar-refractivity contribution in [3.63, 3.8) is 0 Å². The molecule has 2 heterocycles. The molecular weight excluding hydrogens is 363 g/mol. The highest BCUT2D eigenvalue weighted by atomic mass is 19.1. The van der Waals surface area contributed by atoms with Crippen molar-refractivity contribution < 1.29 is 23.8 Å². The number of nitrogens with one attached hydrogen (secondary N) is 1. The smallest absolute Gasteiger partial charge is 0.259 e. The second-order valence-electron chi connectivity index (χ2n) is 6.45. The summed E-state index contributed by atoms with van der Waals surface area (Å²) in [6.07, 6.45) is 1.71. The first kappa shape index (κ1) is 17.9. The van der Waals surface area contributed by atoms with Gasteiger partial charge in [0, 0.05) is 29.7 Å². The van der Waals surface area contributed by atoms with Gasteiger partial charge in [0.1, 0.15) is 18.2 Å². The minimum Gasteiger partial charge on any atom is -0.491 e. The molecule has 0 unspecified atom stereocenters. The van der Waals surface area contributed by atoms with Gasteiger partial charge in [-0.25, -0.2) is 4.39 Å². The predicted molar refractivity (Wildman–Crippen MR) is 102 cm³/mol. The molecule has 0 saturated carbocycles. The molecule has 6 nitrogen and oxygen atoms in total. The monoisotopic (exact) mass is 380 g/mol. The summed E-state index contributed by atoms with van der Waals surface area (Å²) in [6.45, 7) is -0.0260. The summed E-state index contributed by atoms with van der Waals surface area (Å²) in [4.78, 5) is 25.2. The van der Waals surface area contributed by atoms with Crippen LogP contribution in [0.5, 0.6) is 5.75 Å². The average Bonchev–Trinajstić information content (AvgIpc) is 3.15. The summed E-state index contributed by atoms with van der Waals surface area (Å²) in [5.74, 6) is -1.01. The minimum absolute atomic E-state index is 0.114. The second kappa shape index (κ2) is 6.94. The Morgan fingerprint density at radius 1 is 1.11 bits per heavy atom. The number of hydrogen-bond acceptors (Lipinski definition) is 4. The predicted octanol–water partition coefficient (Wildman–Crippen LogP) is 2.26. The van der Waals surface area contributed by atoms with E-state index in [1.54, 1.807) is 48.1 Å². The molecule has 0 fully saturated rings. The molecule has 1 aliphatic heterocycles. The molecule has 0 aliphatic carbocycles. The fourth-order valence-corrected chi connectivity index (χ4v) is 3.46. The molecule has 0 radical (unpaired) electrons. The first-order valence-corrected chi connectivity index (χ1v) is 8.68. The van der Waals surface area contributed by atoms with E-state index >= 15 is 0 Å². The number of hydrogen-bond donors (Lipinski definition) is 2. The summed E-state index contributed by atoms with van der Waals surface area (Å²) < 4.78 is 21.0. The molecule has 7 heteroatoms. The number of benzene rings is 2. The number of halogens is 1. The zero-order chi connectivity index (χ0) is 19.8. The van der Waals surface area contributed by atoms with E-state index in [4.69, 9.17) is 9.84 Å². The number of carbonyl (C=O) groups is 2. The van der Waals surface area contributed by atoms with Crippen molar-refractivity contribution in [3.8, 4) is 5.75 Å². The van der Waals surface area contributed by atoms with Gasteiger partial charge >= 0.3 is 0 Å². The van der Waals surface area contributed by atoms with Gasteiger partial charge in [0.2, 0.25) is 0 Å². The molecular formula is C21H17FN2O4. The van der Waals surface area contributed by atoms with Gasteiger partial charge in [-0.15, -0.1) is 0 Å². The van der Waals surface area contributed by atoms with Gasteiger partial charge in [-0.3, -0.25) is 14.9 Å². The number of rotatable bonds is 5. The number of aromatic nitrogens is 1. The normalized spacial score (nSPS) is 14.1. The zero-order valence-electron chi connectivity index (χ0n) is 15.0. The van der Waals surface area contributed by atoms with Crippen molar-refractivity contribution in [3.05, 3.63) is 65.6 Å². The number of imide groups is 1. The molecule has 4 rings (SSSR count). The van der Waals surface area contributed by atoms with E-state index in [0.717, 1.165) is 5.52 Å². The lowest BCUT2D eigenvalue weighted by atomic mass is 9.96. The van der Waals surface area contributed by atoms with Gasteiger partial charge in [0.15, 0.2) is 0 Å². The van der Waals surface area contributed by atoms with Crippen LogP contribution in [0.1, 0.15) is 11.1 Å². The van der Waals surface area contributed by atoms with Crippen LogP contribution in [-0.2, 0) is 16.6 Å². The molecule has 0 saturated heterocycles. The molecule has 0 spiro atoms. The Balaban J connectivity index is 1.93. The Morgan fingerprint density at radius 3 is 2.68 bits per heavy atom. The summed E-state index contributed by atoms with van der Waals surface area (Å²) in [7, 11) is 1.79. The maximum absolute atomic E-state index is 13.8. The van der Waals surface area contributed by atoms with E-state index in [0.29, 0.717) is 22.3 Å². The third kappa shape index (κ3) is 2.95. The third-order valence-electron chi connectivity index (χ3n) is 4.63. The molecule has 0 atom stereocenters. The number of amides is 2. The third-order valence-corrected chi connectivity index (χ3v) is 4.63. The fraction of sp³-hybridized carbons (Fsp3) is 0.143. The van der Waals surface area contributed by atoms with Crippen LogP contribution in [-0.4, -0.2) is 34.7 Å². The first-order valence-electron chi connectivity index (χ1n) is 8.68. The minimum atomic E-state index is -0.529. The van der Waals surface area contributed by atoms with E-state index in [2.05, 4.69) is 5.32 Å². The van der Waals surface area contributed by atoms with Crippen LogP contribution in [0.15, 0.2) is 48.7 Å². The summed E-state index contributed by atoms with van der Waals surface area (Å²) >= 11 is 0. The molecule has 28 heavy (non-hydrogen) atoms. The lowest BCUT2D eigenvalue weighted by Crippen LogP contribution is -2.22. The average molecular weight is 380 g/mol. The molecule has 2 aromatic carbocycles.